The Morgan fingerprint density at radius 1 is 1.21 bits per heavy atom. The number of aromatic nitrogens is 2. The zero-order chi connectivity index (χ0) is 19.7. The van der Waals surface area contributed by atoms with Gasteiger partial charge in [-0.3, -0.25) is 9.78 Å². The highest BCUT2D eigenvalue weighted by Crippen LogP contribution is 2.31. The second kappa shape index (κ2) is 6.89. The molecule has 0 amide bonds. The largest absolute Gasteiger partial charge is 0.507 e. The van der Waals surface area contributed by atoms with E-state index in [2.05, 4.69) is 16.0 Å². The number of rotatable bonds is 4. The van der Waals surface area contributed by atoms with E-state index in [-0.39, 0.29) is 22.4 Å². The molecule has 0 saturated heterocycles. The molecule has 6 heteroatoms. The molecular weight excluding hydrogens is 354 g/mol. The lowest BCUT2D eigenvalue weighted by atomic mass is 9.99. The summed E-state index contributed by atoms with van der Waals surface area (Å²) in [5.74, 6) is -0.152. The van der Waals surface area contributed by atoms with E-state index in [0.29, 0.717) is 11.4 Å². The van der Waals surface area contributed by atoms with E-state index in [0.717, 1.165) is 16.5 Å². The maximum atomic E-state index is 12.8. The number of phenols is 1. The average molecular weight is 369 g/mol. The van der Waals surface area contributed by atoms with Gasteiger partial charge in [0.15, 0.2) is 5.78 Å². The number of ether oxygens (including phenoxy) is 1. The summed E-state index contributed by atoms with van der Waals surface area (Å²) in [5.41, 5.74) is 2.79. The predicted molar refractivity (Wildman–Crippen MR) is 104 cm³/mol. The van der Waals surface area contributed by atoms with E-state index >= 15 is 0 Å². The van der Waals surface area contributed by atoms with Gasteiger partial charge in [0.1, 0.15) is 17.6 Å². The molecule has 0 radical (unpaired) electrons. The number of ketones is 1. The molecule has 28 heavy (non-hydrogen) atoms. The molecule has 0 saturated carbocycles. The molecule has 4 rings (SSSR count). The van der Waals surface area contributed by atoms with Gasteiger partial charge in [-0.25, -0.2) is 0 Å². The zero-order valence-corrected chi connectivity index (χ0v) is 14.9. The molecule has 136 valence electrons. The van der Waals surface area contributed by atoms with Crippen molar-refractivity contribution in [3.05, 3.63) is 77.6 Å². The molecule has 0 bridgehead atoms. The molecular formula is C22H15N3O3. The van der Waals surface area contributed by atoms with E-state index in [9.17, 15) is 15.2 Å². The van der Waals surface area contributed by atoms with Crippen LogP contribution in [0, 0.1) is 11.3 Å². The van der Waals surface area contributed by atoms with Crippen molar-refractivity contribution in [2.75, 3.05) is 7.11 Å². The Morgan fingerprint density at radius 2 is 2.04 bits per heavy atom. The van der Waals surface area contributed by atoms with Crippen LogP contribution in [-0.4, -0.2) is 28.0 Å². The number of methoxy groups -OCH3 is 1. The summed E-state index contributed by atoms with van der Waals surface area (Å²) in [7, 11) is 1.48. The number of pyridine rings is 1. The zero-order valence-electron chi connectivity index (χ0n) is 14.9. The first-order valence-electron chi connectivity index (χ1n) is 8.50. The summed E-state index contributed by atoms with van der Waals surface area (Å²) in [5, 5.41) is 20.6. The first-order valence-corrected chi connectivity index (χ1v) is 8.50. The molecule has 0 atom stereocenters. The van der Waals surface area contributed by atoms with Crippen LogP contribution in [0.1, 0.15) is 21.5 Å². The Labute approximate surface area is 160 Å². The van der Waals surface area contributed by atoms with Crippen LogP contribution in [-0.2, 0) is 0 Å². The molecule has 2 heterocycles. The fourth-order valence-corrected chi connectivity index (χ4v) is 3.14. The summed E-state index contributed by atoms with van der Waals surface area (Å²) in [6.07, 6.45) is 3.21. The monoisotopic (exact) mass is 369 g/mol. The van der Waals surface area contributed by atoms with E-state index in [1.165, 1.54) is 31.5 Å². The van der Waals surface area contributed by atoms with E-state index < -0.39 is 5.78 Å². The number of phenolic OH excluding ortho intramolecular Hbond substituents is 1. The molecule has 0 aliphatic rings. The standard InChI is InChI=1S/C22H15N3O3/c1-28-15-6-7-20(26)17(9-15)22(27)14-8-13(10-23)21(25-11-14)18-12-24-19-5-3-2-4-16(18)19/h2-9,11-12,24,26H,1H3. The molecule has 0 fully saturated rings. The lowest BCUT2D eigenvalue weighted by molar-refractivity contribution is 0.103. The van der Waals surface area contributed by atoms with Crippen molar-refractivity contribution in [3.8, 4) is 28.8 Å². The molecule has 2 aromatic heterocycles. The van der Waals surface area contributed by atoms with E-state index in [4.69, 9.17) is 4.74 Å². The normalized spacial score (nSPS) is 10.6. The maximum Gasteiger partial charge on any atom is 0.198 e. The van der Waals surface area contributed by atoms with Gasteiger partial charge in [-0.15, -0.1) is 0 Å². The van der Waals surface area contributed by atoms with E-state index in [1.54, 1.807) is 12.3 Å². The van der Waals surface area contributed by atoms with Crippen molar-refractivity contribution in [2.45, 2.75) is 0 Å². The minimum absolute atomic E-state index is 0.0879. The number of H-pyrrole nitrogens is 1. The third-order valence-electron chi connectivity index (χ3n) is 4.56. The Balaban J connectivity index is 1.80. The Bertz CT molecular complexity index is 1250. The number of nitrogens with one attached hydrogen (secondary N) is 1. The quantitative estimate of drug-likeness (QED) is 0.529. The average Bonchev–Trinajstić information content (AvgIpc) is 3.17. The van der Waals surface area contributed by atoms with Crippen LogP contribution >= 0.6 is 0 Å². The van der Waals surface area contributed by atoms with Crippen molar-refractivity contribution < 1.29 is 14.6 Å². The SMILES string of the molecule is COc1ccc(O)c(C(=O)c2cnc(-c3c[nH]c4ccccc34)c(C#N)c2)c1. The fourth-order valence-electron chi connectivity index (χ4n) is 3.14. The van der Waals surface area contributed by atoms with Gasteiger partial charge in [-0.2, -0.15) is 5.26 Å². The van der Waals surface area contributed by atoms with Gasteiger partial charge in [0.05, 0.1) is 23.9 Å². The van der Waals surface area contributed by atoms with Gasteiger partial charge in [0.25, 0.3) is 0 Å². The lowest BCUT2D eigenvalue weighted by Gasteiger charge is -2.08. The molecule has 6 nitrogen and oxygen atoms in total. The van der Waals surface area contributed by atoms with Crippen LogP contribution in [0.2, 0.25) is 0 Å². The molecule has 2 N–H and O–H groups in total. The number of para-hydroxylation sites is 1. The molecule has 4 aromatic rings. The van der Waals surface area contributed by atoms with Crippen LogP contribution in [0.5, 0.6) is 11.5 Å². The van der Waals surface area contributed by atoms with Gasteiger partial charge in [-0.05, 0) is 30.3 Å². The second-order valence-electron chi connectivity index (χ2n) is 6.19. The number of carbonyl (C=O) groups excluding carboxylic acids is 1. The smallest absolute Gasteiger partial charge is 0.198 e. The molecule has 0 aliphatic heterocycles. The number of aromatic hydroxyl groups is 1. The second-order valence-corrected chi connectivity index (χ2v) is 6.19. The number of nitriles is 1. The van der Waals surface area contributed by atoms with Crippen molar-refractivity contribution >= 4 is 16.7 Å². The summed E-state index contributed by atoms with van der Waals surface area (Å²) in [6.45, 7) is 0. The third kappa shape index (κ3) is 2.85. The number of benzene rings is 2. The van der Waals surface area contributed by atoms with Gasteiger partial charge in [-0.1, -0.05) is 18.2 Å². The summed E-state index contributed by atoms with van der Waals surface area (Å²) in [6, 6.07) is 15.7. The predicted octanol–water partition coefficient (Wildman–Crippen LogP) is 4.05. The highest BCUT2D eigenvalue weighted by atomic mass is 16.5. The van der Waals surface area contributed by atoms with Gasteiger partial charge in [0.2, 0.25) is 0 Å². The summed E-state index contributed by atoms with van der Waals surface area (Å²) >= 11 is 0. The fraction of sp³-hybridized carbons (Fsp3) is 0.0455. The Hall–Kier alpha value is -4.11. The highest BCUT2D eigenvalue weighted by molar-refractivity contribution is 6.11. The van der Waals surface area contributed by atoms with Gasteiger partial charge < -0.3 is 14.8 Å². The molecule has 0 aliphatic carbocycles. The molecule has 0 spiro atoms. The summed E-state index contributed by atoms with van der Waals surface area (Å²) in [4.78, 5) is 20.4. The highest BCUT2D eigenvalue weighted by Gasteiger charge is 2.19. The molecule has 2 aromatic carbocycles. The van der Waals surface area contributed by atoms with Crippen LogP contribution in [0.15, 0.2) is 60.9 Å². The lowest BCUT2D eigenvalue weighted by Crippen LogP contribution is -2.04. The number of carbonyl (C=O) groups is 1. The van der Waals surface area contributed by atoms with Crippen molar-refractivity contribution in [1.82, 2.24) is 9.97 Å². The minimum atomic E-state index is -0.439. The third-order valence-corrected chi connectivity index (χ3v) is 4.56. The Kier molecular flexibility index (Phi) is 4.26. The number of fused-ring (bicyclic) bond motifs is 1. The van der Waals surface area contributed by atoms with Crippen LogP contribution < -0.4 is 4.74 Å². The van der Waals surface area contributed by atoms with Crippen LogP contribution in [0.4, 0.5) is 0 Å². The first-order chi connectivity index (χ1) is 13.6. The van der Waals surface area contributed by atoms with Crippen molar-refractivity contribution in [1.29, 1.82) is 5.26 Å². The molecule has 0 unspecified atom stereocenters. The number of hydrogen-bond donors (Lipinski definition) is 2. The van der Waals surface area contributed by atoms with Crippen molar-refractivity contribution in [3.63, 3.8) is 0 Å². The summed E-state index contributed by atoms with van der Waals surface area (Å²) < 4.78 is 5.11. The Morgan fingerprint density at radius 3 is 2.82 bits per heavy atom. The number of hydrogen-bond acceptors (Lipinski definition) is 5. The number of aromatic amines is 1. The van der Waals surface area contributed by atoms with E-state index in [1.807, 2.05) is 24.3 Å². The topological polar surface area (TPSA) is 99.0 Å². The van der Waals surface area contributed by atoms with Crippen LogP contribution in [0.3, 0.4) is 0 Å². The maximum absolute atomic E-state index is 12.8. The first kappa shape index (κ1) is 17.3. The van der Waals surface area contributed by atoms with Crippen LogP contribution in [0.25, 0.3) is 22.2 Å². The minimum Gasteiger partial charge on any atom is -0.507 e. The number of nitrogens with zero attached hydrogens (tertiary/aromatic N) is 2. The van der Waals surface area contributed by atoms with Gasteiger partial charge >= 0.3 is 0 Å². The van der Waals surface area contributed by atoms with Gasteiger partial charge in [0, 0.05) is 34.4 Å². The van der Waals surface area contributed by atoms with Crippen molar-refractivity contribution in [2.24, 2.45) is 0 Å².